The number of aromatic amines is 2. The van der Waals surface area contributed by atoms with Crippen molar-refractivity contribution in [1.29, 1.82) is 0 Å². The fourth-order valence-corrected chi connectivity index (χ4v) is 2.45. The van der Waals surface area contributed by atoms with Crippen LogP contribution in [0.1, 0.15) is 19.9 Å². The van der Waals surface area contributed by atoms with Crippen molar-refractivity contribution >= 4 is 22.8 Å². The Bertz CT molecular complexity index is 784. The van der Waals surface area contributed by atoms with Crippen LogP contribution in [0.5, 0.6) is 0 Å². The van der Waals surface area contributed by atoms with Gasteiger partial charge in [-0.3, -0.25) is 14.6 Å². The van der Waals surface area contributed by atoms with Gasteiger partial charge in [-0.2, -0.15) is 5.10 Å². The van der Waals surface area contributed by atoms with E-state index >= 15 is 0 Å². The number of nitrogens with zero attached hydrogens (tertiary/aromatic N) is 3. The van der Waals surface area contributed by atoms with Crippen LogP contribution in [0.25, 0.3) is 22.4 Å². The third-order valence-corrected chi connectivity index (χ3v) is 3.27. The standard InChI is InChI=1S/C12H12ClN5O/c1-6(2)18-10-9(8-3-4-15-17-8)7(13)5-14-11(10)16-12(18)19/h3-6H,1-2H3,(H,15,17)(H,14,16,19). The fraction of sp³-hybridized carbons (Fsp3) is 0.250. The molecule has 0 spiro atoms. The summed E-state index contributed by atoms with van der Waals surface area (Å²) in [6, 6.07) is 1.81. The largest absolute Gasteiger partial charge is 0.327 e. The van der Waals surface area contributed by atoms with Gasteiger partial charge in [-0.15, -0.1) is 0 Å². The third-order valence-electron chi connectivity index (χ3n) is 2.98. The minimum absolute atomic E-state index is 0.00295. The zero-order valence-electron chi connectivity index (χ0n) is 10.4. The van der Waals surface area contributed by atoms with Crippen LogP contribution in [0, 0.1) is 0 Å². The van der Waals surface area contributed by atoms with E-state index in [-0.39, 0.29) is 11.7 Å². The first-order chi connectivity index (χ1) is 9.09. The number of H-pyrrole nitrogens is 2. The maximum absolute atomic E-state index is 12.0. The van der Waals surface area contributed by atoms with E-state index in [0.29, 0.717) is 16.2 Å². The van der Waals surface area contributed by atoms with Crippen molar-refractivity contribution < 1.29 is 0 Å². The fourth-order valence-electron chi connectivity index (χ4n) is 2.21. The van der Waals surface area contributed by atoms with Gasteiger partial charge in [-0.1, -0.05) is 11.6 Å². The number of fused-ring (bicyclic) bond motifs is 1. The van der Waals surface area contributed by atoms with Gasteiger partial charge >= 0.3 is 5.69 Å². The van der Waals surface area contributed by atoms with Crippen molar-refractivity contribution in [1.82, 2.24) is 24.7 Å². The summed E-state index contributed by atoms with van der Waals surface area (Å²) in [5.74, 6) is 0. The number of nitrogens with one attached hydrogen (secondary N) is 2. The number of pyridine rings is 1. The van der Waals surface area contributed by atoms with E-state index in [2.05, 4.69) is 20.2 Å². The zero-order chi connectivity index (χ0) is 13.6. The van der Waals surface area contributed by atoms with Gasteiger partial charge in [0.1, 0.15) is 0 Å². The highest BCUT2D eigenvalue weighted by Gasteiger charge is 2.18. The predicted molar refractivity (Wildman–Crippen MR) is 73.3 cm³/mol. The summed E-state index contributed by atoms with van der Waals surface area (Å²) < 4.78 is 1.64. The normalized spacial score (nSPS) is 11.6. The Balaban J connectivity index is 2.49. The highest BCUT2D eigenvalue weighted by Crippen LogP contribution is 2.32. The van der Waals surface area contributed by atoms with Crippen molar-refractivity contribution in [3.05, 3.63) is 34.0 Å². The molecule has 19 heavy (non-hydrogen) atoms. The molecule has 2 N–H and O–H groups in total. The van der Waals surface area contributed by atoms with E-state index in [0.717, 1.165) is 11.3 Å². The lowest BCUT2D eigenvalue weighted by atomic mass is 10.1. The van der Waals surface area contributed by atoms with Crippen LogP contribution in [0.3, 0.4) is 0 Å². The van der Waals surface area contributed by atoms with Crippen molar-refractivity contribution in [2.75, 3.05) is 0 Å². The first-order valence-electron chi connectivity index (χ1n) is 5.88. The average molecular weight is 278 g/mol. The number of hydrogen-bond donors (Lipinski definition) is 2. The maximum Gasteiger partial charge on any atom is 0.327 e. The average Bonchev–Trinajstić information content (AvgIpc) is 2.95. The first kappa shape index (κ1) is 12.0. The van der Waals surface area contributed by atoms with Crippen LogP contribution in [-0.2, 0) is 0 Å². The molecule has 0 atom stereocenters. The molecule has 0 aliphatic heterocycles. The van der Waals surface area contributed by atoms with Crippen LogP contribution in [0.15, 0.2) is 23.3 Å². The van der Waals surface area contributed by atoms with E-state index in [1.807, 2.05) is 19.9 Å². The van der Waals surface area contributed by atoms with Crippen molar-refractivity contribution in [2.24, 2.45) is 0 Å². The molecule has 0 radical (unpaired) electrons. The molecule has 98 valence electrons. The van der Waals surface area contributed by atoms with E-state index < -0.39 is 0 Å². The van der Waals surface area contributed by atoms with Crippen molar-refractivity contribution in [3.8, 4) is 11.3 Å². The summed E-state index contributed by atoms with van der Waals surface area (Å²) >= 11 is 6.24. The molecular weight excluding hydrogens is 266 g/mol. The lowest BCUT2D eigenvalue weighted by molar-refractivity contribution is 0.598. The number of imidazole rings is 1. The molecule has 0 aliphatic carbocycles. The van der Waals surface area contributed by atoms with Gasteiger partial charge in [0, 0.05) is 24.0 Å². The highest BCUT2D eigenvalue weighted by atomic mass is 35.5. The Labute approximate surface area is 113 Å². The Morgan fingerprint density at radius 1 is 1.42 bits per heavy atom. The first-order valence-corrected chi connectivity index (χ1v) is 6.26. The molecule has 3 aromatic heterocycles. The second kappa shape index (κ2) is 4.24. The minimum Gasteiger partial charge on any atom is -0.290 e. The second-order valence-electron chi connectivity index (χ2n) is 4.54. The third kappa shape index (κ3) is 1.76. The Hall–Kier alpha value is -2.08. The van der Waals surface area contributed by atoms with Crippen LogP contribution in [0.4, 0.5) is 0 Å². The molecule has 3 rings (SSSR count). The maximum atomic E-state index is 12.0. The summed E-state index contributed by atoms with van der Waals surface area (Å²) in [6.07, 6.45) is 3.17. The van der Waals surface area contributed by atoms with Crippen LogP contribution >= 0.6 is 11.6 Å². The minimum atomic E-state index is -0.194. The quantitative estimate of drug-likeness (QED) is 0.754. The molecule has 6 nitrogen and oxygen atoms in total. The zero-order valence-corrected chi connectivity index (χ0v) is 11.2. The molecule has 7 heteroatoms. The van der Waals surface area contributed by atoms with E-state index in [1.54, 1.807) is 10.8 Å². The molecule has 0 amide bonds. The van der Waals surface area contributed by atoms with Gasteiger partial charge in [-0.05, 0) is 19.9 Å². The molecule has 0 fully saturated rings. The molecule has 3 heterocycles. The number of rotatable bonds is 2. The van der Waals surface area contributed by atoms with E-state index in [4.69, 9.17) is 11.6 Å². The summed E-state index contributed by atoms with van der Waals surface area (Å²) in [7, 11) is 0. The van der Waals surface area contributed by atoms with Gasteiger partial charge in [0.05, 0.1) is 16.2 Å². The number of aromatic nitrogens is 5. The Kier molecular flexibility index (Phi) is 2.67. The lowest BCUT2D eigenvalue weighted by Gasteiger charge is -2.10. The van der Waals surface area contributed by atoms with E-state index in [1.165, 1.54) is 6.20 Å². The van der Waals surface area contributed by atoms with Crippen molar-refractivity contribution in [3.63, 3.8) is 0 Å². The predicted octanol–water partition coefficient (Wildman–Crippen LogP) is 2.35. The smallest absolute Gasteiger partial charge is 0.290 e. The molecule has 0 bridgehead atoms. The molecule has 0 unspecified atom stereocenters. The van der Waals surface area contributed by atoms with Crippen LogP contribution in [0.2, 0.25) is 5.02 Å². The second-order valence-corrected chi connectivity index (χ2v) is 4.95. The van der Waals surface area contributed by atoms with Crippen LogP contribution in [-0.4, -0.2) is 24.7 Å². The highest BCUT2D eigenvalue weighted by molar-refractivity contribution is 6.34. The Morgan fingerprint density at radius 3 is 2.84 bits per heavy atom. The van der Waals surface area contributed by atoms with Gasteiger partial charge in [-0.25, -0.2) is 9.78 Å². The van der Waals surface area contributed by atoms with Gasteiger partial charge in [0.2, 0.25) is 0 Å². The lowest BCUT2D eigenvalue weighted by Crippen LogP contribution is -2.18. The van der Waals surface area contributed by atoms with Gasteiger partial charge in [0.25, 0.3) is 0 Å². The van der Waals surface area contributed by atoms with E-state index in [9.17, 15) is 4.79 Å². The number of hydrogen-bond acceptors (Lipinski definition) is 3. The Morgan fingerprint density at radius 2 is 2.21 bits per heavy atom. The van der Waals surface area contributed by atoms with Gasteiger partial charge in [0.15, 0.2) is 5.65 Å². The summed E-state index contributed by atoms with van der Waals surface area (Å²) in [6.45, 7) is 3.87. The SMILES string of the molecule is CC(C)n1c(=O)[nH]c2ncc(Cl)c(-c3ccn[nH]3)c21. The van der Waals surface area contributed by atoms with Gasteiger partial charge < -0.3 is 0 Å². The topological polar surface area (TPSA) is 79.4 Å². The van der Waals surface area contributed by atoms with Crippen LogP contribution < -0.4 is 5.69 Å². The summed E-state index contributed by atoms with van der Waals surface area (Å²) in [4.78, 5) is 18.9. The molecular formula is C12H12ClN5O. The molecule has 0 saturated carbocycles. The summed E-state index contributed by atoms with van der Waals surface area (Å²) in [5, 5.41) is 7.27. The molecule has 0 saturated heterocycles. The molecule has 0 aliphatic rings. The molecule has 3 aromatic rings. The van der Waals surface area contributed by atoms with Crippen molar-refractivity contribution in [2.45, 2.75) is 19.9 Å². The number of halogens is 1. The molecule has 0 aromatic carbocycles. The summed E-state index contributed by atoms with van der Waals surface area (Å²) in [5.41, 5.74) is 2.51. The monoisotopic (exact) mass is 277 g/mol.